The maximum atomic E-state index is 11.8. The minimum Gasteiger partial charge on any atom is -0.356 e. The summed E-state index contributed by atoms with van der Waals surface area (Å²) < 4.78 is 22.2. The normalized spacial score (nSPS) is 23.5. The zero-order chi connectivity index (χ0) is 14.0. The first-order valence-corrected chi connectivity index (χ1v) is 7.90. The van der Waals surface area contributed by atoms with E-state index < -0.39 is 10.0 Å². The fourth-order valence-electron chi connectivity index (χ4n) is 2.51. The van der Waals surface area contributed by atoms with Gasteiger partial charge >= 0.3 is 0 Å². The van der Waals surface area contributed by atoms with E-state index in [2.05, 4.69) is 17.2 Å². The summed E-state index contributed by atoms with van der Waals surface area (Å²) in [5.74, 6) is 0.947. The van der Waals surface area contributed by atoms with Crippen molar-refractivity contribution in [2.24, 2.45) is 17.0 Å². The Labute approximate surface area is 112 Å². The molecule has 1 aromatic heterocycles. The van der Waals surface area contributed by atoms with Gasteiger partial charge in [-0.1, -0.05) is 13.3 Å². The molecule has 19 heavy (non-hydrogen) atoms. The van der Waals surface area contributed by atoms with Gasteiger partial charge < -0.3 is 10.3 Å². The van der Waals surface area contributed by atoms with Crippen LogP contribution in [0.3, 0.4) is 0 Å². The van der Waals surface area contributed by atoms with Crippen molar-refractivity contribution in [3.05, 3.63) is 18.0 Å². The van der Waals surface area contributed by atoms with Crippen LogP contribution in [0.5, 0.6) is 0 Å². The average molecular weight is 285 g/mol. The Kier molecular flexibility index (Phi) is 3.96. The van der Waals surface area contributed by atoms with Crippen molar-refractivity contribution in [1.29, 1.82) is 0 Å². The summed E-state index contributed by atoms with van der Waals surface area (Å²) in [7, 11) is -3.76. The number of amides is 1. The highest BCUT2D eigenvalue weighted by Gasteiger charge is 2.22. The van der Waals surface area contributed by atoms with Crippen molar-refractivity contribution in [2.45, 2.75) is 31.1 Å². The minimum atomic E-state index is -3.76. The smallest absolute Gasteiger partial charge is 0.267 e. The summed E-state index contributed by atoms with van der Waals surface area (Å²) in [5.41, 5.74) is 0.218. The summed E-state index contributed by atoms with van der Waals surface area (Å²) in [6, 6.07) is 1.25. The van der Waals surface area contributed by atoms with E-state index in [9.17, 15) is 13.2 Å². The third-order valence-electron chi connectivity index (χ3n) is 3.58. The van der Waals surface area contributed by atoms with Gasteiger partial charge in [-0.3, -0.25) is 4.79 Å². The monoisotopic (exact) mass is 285 g/mol. The van der Waals surface area contributed by atoms with E-state index in [4.69, 9.17) is 5.14 Å². The van der Waals surface area contributed by atoms with Crippen LogP contribution in [0, 0.1) is 11.8 Å². The molecule has 0 aliphatic heterocycles. The Morgan fingerprint density at radius 3 is 2.79 bits per heavy atom. The predicted molar refractivity (Wildman–Crippen MR) is 71.0 cm³/mol. The number of rotatable bonds is 4. The number of primary sulfonamides is 1. The van der Waals surface area contributed by atoms with Crippen molar-refractivity contribution >= 4 is 15.9 Å². The molecule has 1 aromatic rings. The summed E-state index contributed by atoms with van der Waals surface area (Å²) >= 11 is 0. The molecule has 2 atom stereocenters. The van der Waals surface area contributed by atoms with Crippen molar-refractivity contribution in [3.63, 3.8) is 0 Å². The van der Waals surface area contributed by atoms with E-state index in [-0.39, 0.29) is 16.5 Å². The first kappa shape index (κ1) is 14.1. The zero-order valence-electron chi connectivity index (χ0n) is 10.8. The van der Waals surface area contributed by atoms with E-state index >= 15 is 0 Å². The molecule has 7 heteroatoms. The fourth-order valence-corrected chi connectivity index (χ4v) is 3.02. The Bertz CT molecular complexity index is 565. The van der Waals surface area contributed by atoms with E-state index in [0.717, 1.165) is 18.8 Å². The number of aromatic nitrogens is 1. The summed E-state index contributed by atoms with van der Waals surface area (Å²) in [6.45, 7) is 2.85. The molecule has 1 aliphatic rings. The van der Waals surface area contributed by atoms with Crippen LogP contribution in [0.25, 0.3) is 0 Å². The average Bonchev–Trinajstić information content (AvgIpc) is 2.93. The molecule has 1 saturated carbocycles. The van der Waals surface area contributed by atoms with Gasteiger partial charge in [0.25, 0.3) is 5.91 Å². The van der Waals surface area contributed by atoms with E-state index in [1.165, 1.54) is 18.7 Å². The first-order valence-electron chi connectivity index (χ1n) is 6.35. The second kappa shape index (κ2) is 5.34. The van der Waals surface area contributed by atoms with Gasteiger partial charge in [0.15, 0.2) is 0 Å². The van der Waals surface area contributed by atoms with Crippen molar-refractivity contribution in [1.82, 2.24) is 10.3 Å². The second-order valence-corrected chi connectivity index (χ2v) is 6.85. The lowest BCUT2D eigenvalue weighted by atomic mass is 10.1. The third kappa shape index (κ3) is 3.57. The van der Waals surface area contributed by atoms with Gasteiger partial charge in [0.1, 0.15) is 5.69 Å². The van der Waals surface area contributed by atoms with Gasteiger partial charge in [0, 0.05) is 12.7 Å². The lowest BCUT2D eigenvalue weighted by Gasteiger charge is -2.10. The van der Waals surface area contributed by atoms with Crippen molar-refractivity contribution in [3.8, 4) is 0 Å². The number of hydrogen-bond acceptors (Lipinski definition) is 3. The number of carbonyl (C=O) groups is 1. The topological polar surface area (TPSA) is 105 Å². The maximum Gasteiger partial charge on any atom is 0.267 e. The molecule has 0 bridgehead atoms. The van der Waals surface area contributed by atoms with Gasteiger partial charge in [-0.15, -0.1) is 0 Å². The number of nitrogens with one attached hydrogen (secondary N) is 2. The summed E-state index contributed by atoms with van der Waals surface area (Å²) in [4.78, 5) is 14.4. The highest BCUT2D eigenvalue weighted by molar-refractivity contribution is 7.89. The van der Waals surface area contributed by atoms with Gasteiger partial charge in [0.2, 0.25) is 10.0 Å². The lowest BCUT2D eigenvalue weighted by molar-refractivity contribution is 0.0942. The molecular weight excluding hydrogens is 266 g/mol. The van der Waals surface area contributed by atoms with Crippen LogP contribution in [0.15, 0.2) is 17.2 Å². The first-order chi connectivity index (χ1) is 8.86. The maximum absolute atomic E-state index is 11.8. The third-order valence-corrected chi connectivity index (χ3v) is 4.48. The number of sulfonamides is 1. The molecule has 1 fully saturated rings. The van der Waals surface area contributed by atoms with Crippen LogP contribution in [0.1, 0.15) is 36.7 Å². The Balaban J connectivity index is 1.91. The second-order valence-electron chi connectivity index (χ2n) is 5.29. The van der Waals surface area contributed by atoms with Crippen LogP contribution in [0.4, 0.5) is 0 Å². The predicted octanol–water partition coefficient (Wildman–Crippen LogP) is 0.828. The van der Waals surface area contributed by atoms with Gasteiger partial charge in [-0.25, -0.2) is 13.6 Å². The summed E-state index contributed by atoms with van der Waals surface area (Å²) in [5, 5.41) is 7.80. The molecule has 4 N–H and O–H groups in total. The highest BCUT2D eigenvalue weighted by Crippen LogP contribution is 2.29. The van der Waals surface area contributed by atoms with Crippen LogP contribution < -0.4 is 10.5 Å². The number of H-pyrrole nitrogens is 1. The molecule has 106 valence electrons. The van der Waals surface area contributed by atoms with Crippen LogP contribution >= 0.6 is 0 Å². The molecule has 1 aliphatic carbocycles. The molecule has 2 unspecified atom stereocenters. The molecule has 0 radical (unpaired) electrons. The number of aromatic amines is 1. The van der Waals surface area contributed by atoms with Crippen molar-refractivity contribution < 1.29 is 13.2 Å². The lowest BCUT2D eigenvalue weighted by Crippen LogP contribution is -2.28. The molecule has 2 rings (SSSR count). The molecular formula is C12H19N3O3S. The van der Waals surface area contributed by atoms with Gasteiger partial charge in [-0.05, 0) is 30.7 Å². The Hall–Kier alpha value is -1.34. The van der Waals surface area contributed by atoms with E-state index in [0.29, 0.717) is 12.5 Å². The zero-order valence-corrected chi connectivity index (χ0v) is 11.7. The number of hydrogen-bond donors (Lipinski definition) is 3. The van der Waals surface area contributed by atoms with Gasteiger partial charge in [-0.2, -0.15) is 0 Å². The highest BCUT2D eigenvalue weighted by atomic mass is 32.2. The fraction of sp³-hybridized carbons (Fsp3) is 0.583. The SMILES string of the molecule is CC1CCC(CNC(=O)c2cc(S(N)(=O)=O)c[nH]2)C1. The molecule has 6 nitrogen and oxygen atoms in total. The van der Waals surface area contributed by atoms with Crippen LogP contribution in [-0.4, -0.2) is 25.9 Å². The van der Waals surface area contributed by atoms with Crippen LogP contribution in [-0.2, 0) is 10.0 Å². The number of carbonyl (C=O) groups excluding carboxylic acids is 1. The molecule has 0 spiro atoms. The molecule has 1 heterocycles. The van der Waals surface area contributed by atoms with E-state index in [1.54, 1.807) is 0 Å². The molecule has 0 saturated heterocycles. The van der Waals surface area contributed by atoms with Crippen molar-refractivity contribution in [2.75, 3.05) is 6.54 Å². The van der Waals surface area contributed by atoms with E-state index in [1.807, 2.05) is 0 Å². The quantitative estimate of drug-likeness (QED) is 0.763. The molecule has 1 amide bonds. The molecule has 0 aromatic carbocycles. The number of nitrogens with two attached hydrogens (primary N) is 1. The van der Waals surface area contributed by atoms with Crippen LogP contribution in [0.2, 0.25) is 0 Å². The Morgan fingerprint density at radius 2 is 2.26 bits per heavy atom. The standard InChI is InChI=1S/C12H19N3O3S/c1-8-2-3-9(4-8)6-15-12(16)11-5-10(7-14-11)19(13,17)18/h5,7-9,14H,2-4,6H2,1H3,(H,15,16)(H2,13,17,18). The largest absolute Gasteiger partial charge is 0.356 e. The Morgan fingerprint density at radius 1 is 1.53 bits per heavy atom. The minimum absolute atomic E-state index is 0.0767. The summed E-state index contributed by atoms with van der Waals surface area (Å²) in [6.07, 6.45) is 4.70. The van der Waals surface area contributed by atoms with Gasteiger partial charge in [0.05, 0.1) is 4.90 Å².